The third-order valence-corrected chi connectivity index (χ3v) is 7.90. The first kappa shape index (κ1) is 20.7. The van der Waals surface area contributed by atoms with Gasteiger partial charge in [0.05, 0.1) is 4.90 Å². The molecule has 0 atom stereocenters. The van der Waals surface area contributed by atoms with Gasteiger partial charge in [-0.15, -0.1) is 0 Å². The van der Waals surface area contributed by atoms with E-state index in [-0.39, 0.29) is 0 Å². The third kappa shape index (κ3) is 3.89. The molecule has 32 heavy (non-hydrogen) atoms. The number of sulfonamides is 1. The van der Waals surface area contributed by atoms with Crippen molar-refractivity contribution in [2.45, 2.75) is 24.3 Å². The lowest BCUT2D eigenvalue weighted by molar-refractivity contribution is 0.466. The van der Waals surface area contributed by atoms with Crippen LogP contribution in [0.1, 0.15) is 18.4 Å². The van der Waals surface area contributed by atoms with Crippen molar-refractivity contribution in [3.05, 3.63) is 78.6 Å². The SMILES string of the molecule is CN(Cc1ccncc1)S(=O)(=O)c1ccc(N2CCCC2)c(-c2cc3ccccc3[nH]2)c1. The predicted octanol–water partition coefficient (Wildman–Crippen LogP) is 4.65. The summed E-state index contributed by atoms with van der Waals surface area (Å²) in [6.07, 6.45) is 5.66. The largest absolute Gasteiger partial charge is 0.371 e. The van der Waals surface area contributed by atoms with Crippen LogP contribution >= 0.6 is 0 Å². The van der Waals surface area contributed by atoms with Crippen LogP contribution in [0.5, 0.6) is 0 Å². The molecule has 1 N–H and O–H groups in total. The Hall–Kier alpha value is -3.16. The molecule has 2 aromatic carbocycles. The smallest absolute Gasteiger partial charge is 0.243 e. The molecule has 6 nitrogen and oxygen atoms in total. The second-order valence-electron chi connectivity index (χ2n) is 8.26. The monoisotopic (exact) mass is 446 g/mol. The number of fused-ring (bicyclic) bond motifs is 1. The van der Waals surface area contributed by atoms with Crippen molar-refractivity contribution in [3.63, 3.8) is 0 Å². The number of pyridine rings is 1. The van der Waals surface area contributed by atoms with E-state index in [0.29, 0.717) is 11.4 Å². The van der Waals surface area contributed by atoms with Crippen molar-refractivity contribution in [1.82, 2.24) is 14.3 Å². The van der Waals surface area contributed by atoms with Crippen LogP contribution in [0.3, 0.4) is 0 Å². The van der Waals surface area contributed by atoms with Crippen LogP contribution in [-0.4, -0.2) is 42.8 Å². The molecule has 3 heterocycles. The molecule has 1 fully saturated rings. The standard InChI is InChI=1S/C25H26N4O2S/c1-28(18-19-10-12-26-13-11-19)32(30,31)21-8-9-25(29-14-4-5-15-29)22(17-21)24-16-20-6-2-3-7-23(20)27-24/h2-3,6-13,16-17,27H,4-5,14-15,18H2,1H3. The number of aromatic amines is 1. The first-order valence-corrected chi connectivity index (χ1v) is 12.3. The summed E-state index contributed by atoms with van der Waals surface area (Å²) in [6, 6.07) is 19.4. The van der Waals surface area contributed by atoms with E-state index in [4.69, 9.17) is 0 Å². The number of H-pyrrole nitrogens is 1. The van der Waals surface area contributed by atoms with Crippen LogP contribution in [0, 0.1) is 0 Å². The Morgan fingerprint density at radius 3 is 2.50 bits per heavy atom. The minimum absolute atomic E-state index is 0.292. The molecule has 0 radical (unpaired) electrons. The maximum Gasteiger partial charge on any atom is 0.243 e. The lowest BCUT2D eigenvalue weighted by atomic mass is 10.1. The molecule has 0 amide bonds. The Morgan fingerprint density at radius 1 is 1.00 bits per heavy atom. The van der Waals surface area contributed by atoms with Crippen LogP contribution in [-0.2, 0) is 16.6 Å². The topological polar surface area (TPSA) is 69.3 Å². The molecule has 2 aromatic heterocycles. The summed E-state index contributed by atoms with van der Waals surface area (Å²) < 4.78 is 28.2. The lowest BCUT2D eigenvalue weighted by Crippen LogP contribution is -2.27. The first-order valence-electron chi connectivity index (χ1n) is 10.8. The first-order chi connectivity index (χ1) is 15.5. The number of nitrogens with zero attached hydrogens (tertiary/aromatic N) is 3. The summed E-state index contributed by atoms with van der Waals surface area (Å²) in [6.45, 7) is 2.27. The van der Waals surface area contributed by atoms with Gasteiger partial charge in [0.25, 0.3) is 0 Å². The Morgan fingerprint density at radius 2 is 1.75 bits per heavy atom. The molecule has 0 unspecified atom stereocenters. The van der Waals surface area contributed by atoms with Gasteiger partial charge in [-0.05, 0) is 60.9 Å². The van der Waals surface area contributed by atoms with Gasteiger partial charge in [-0.2, -0.15) is 4.31 Å². The van der Waals surface area contributed by atoms with Gasteiger partial charge in [0.15, 0.2) is 0 Å². The minimum atomic E-state index is -3.66. The molecule has 1 saturated heterocycles. The summed E-state index contributed by atoms with van der Waals surface area (Å²) in [5.74, 6) is 0. The Labute approximate surface area is 188 Å². The van der Waals surface area contributed by atoms with Crippen LogP contribution in [0.2, 0.25) is 0 Å². The van der Waals surface area contributed by atoms with Gasteiger partial charge in [-0.1, -0.05) is 18.2 Å². The zero-order chi connectivity index (χ0) is 22.1. The van der Waals surface area contributed by atoms with Crippen molar-refractivity contribution < 1.29 is 8.42 Å². The molecule has 1 aliphatic heterocycles. The maximum absolute atomic E-state index is 13.4. The number of hydrogen-bond acceptors (Lipinski definition) is 4. The number of nitrogens with one attached hydrogen (secondary N) is 1. The van der Waals surface area contributed by atoms with Gasteiger partial charge < -0.3 is 9.88 Å². The van der Waals surface area contributed by atoms with Crippen LogP contribution in [0.15, 0.2) is 78.0 Å². The fourth-order valence-electron chi connectivity index (χ4n) is 4.35. The van der Waals surface area contributed by atoms with Crippen molar-refractivity contribution in [3.8, 4) is 11.3 Å². The Kier molecular flexibility index (Phi) is 5.45. The van der Waals surface area contributed by atoms with Gasteiger partial charge in [0.2, 0.25) is 10.0 Å². The van der Waals surface area contributed by atoms with Crippen molar-refractivity contribution in [2.75, 3.05) is 25.0 Å². The Balaban J connectivity index is 1.57. The van der Waals surface area contributed by atoms with E-state index in [1.165, 1.54) is 4.31 Å². The molecule has 4 aromatic rings. The molecular weight excluding hydrogens is 420 g/mol. The number of benzene rings is 2. The quantitative estimate of drug-likeness (QED) is 0.468. The van der Waals surface area contributed by atoms with E-state index in [2.05, 4.69) is 27.0 Å². The second kappa shape index (κ2) is 8.41. The van der Waals surface area contributed by atoms with Crippen LogP contribution in [0.4, 0.5) is 5.69 Å². The number of hydrogen-bond donors (Lipinski definition) is 1. The van der Waals surface area contributed by atoms with Gasteiger partial charge in [-0.3, -0.25) is 4.98 Å². The van der Waals surface area contributed by atoms with E-state index in [9.17, 15) is 8.42 Å². The van der Waals surface area contributed by atoms with Crippen molar-refractivity contribution >= 4 is 26.6 Å². The van der Waals surface area contributed by atoms with E-state index < -0.39 is 10.0 Å². The van der Waals surface area contributed by atoms with Gasteiger partial charge in [-0.25, -0.2) is 8.42 Å². The van der Waals surface area contributed by atoms with Crippen molar-refractivity contribution in [2.24, 2.45) is 0 Å². The minimum Gasteiger partial charge on any atom is -0.371 e. The molecule has 5 rings (SSSR count). The van der Waals surface area contributed by atoms with Gasteiger partial charge in [0.1, 0.15) is 0 Å². The molecule has 164 valence electrons. The van der Waals surface area contributed by atoms with Crippen LogP contribution < -0.4 is 4.90 Å². The fourth-order valence-corrected chi connectivity index (χ4v) is 5.54. The van der Waals surface area contributed by atoms with Gasteiger partial charge in [0, 0.05) is 66.9 Å². The zero-order valence-corrected chi connectivity index (χ0v) is 18.8. The molecular formula is C25H26N4O2S. The number of para-hydroxylation sites is 1. The summed E-state index contributed by atoms with van der Waals surface area (Å²) in [4.78, 5) is 10.1. The highest BCUT2D eigenvalue weighted by Crippen LogP contribution is 2.36. The average Bonchev–Trinajstić information content (AvgIpc) is 3.49. The molecule has 0 spiro atoms. The fraction of sp³-hybridized carbons (Fsp3) is 0.240. The van der Waals surface area contributed by atoms with Crippen molar-refractivity contribution in [1.29, 1.82) is 0 Å². The number of aromatic nitrogens is 2. The Bertz CT molecular complexity index is 1310. The van der Waals surface area contributed by atoms with E-state index in [1.807, 2.05) is 42.5 Å². The summed E-state index contributed by atoms with van der Waals surface area (Å²) in [5, 5.41) is 1.11. The molecule has 0 aliphatic carbocycles. The number of rotatable bonds is 6. The lowest BCUT2D eigenvalue weighted by Gasteiger charge is -2.23. The van der Waals surface area contributed by atoms with Crippen LogP contribution in [0.25, 0.3) is 22.2 Å². The number of anilines is 1. The zero-order valence-electron chi connectivity index (χ0n) is 18.0. The van der Waals surface area contributed by atoms with E-state index >= 15 is 0 Å². The molecule has 0 bridgehead atoms. The summed E-state index contributed by atoms with van der Waals surface area (Å²) in [7, 11) is -2.04. The highest BCUT2D eigenvalue weighted by atomic mass is 32.2. The average molecular weight is 447 g/mol. The third-order valence-electron chi connectivity index (χ3n) is 6.10. The summed E-state index contributed by atoms with van der Waals surface area (Å²) >= 11 is 0. The predicted molar refractivity (Wildman–Crippen MR) is 128 cm³/mol. The highest BCUT2D eigenvalue weighted by molar-refractivity contribution is 7.89. The molecule has 1 aliphatic rings. The molecule has 7 heteroatoms. The normalized spacial score (nSPS) is 14.5. The molecule has 0 saturated carbocycles. The second-order valence-corrected chi connectivity index (χ2v) is 10.3. The van der Waals surface area contributed by atoms with E-state index in [0.717, 1.165) is 59.3 Å². The van der Waals surface area contributed by atoms with E-state index in [1.54, 1.807) is 25.5 Å². The van der Waals surface area contributed by atoms with Gasteiger partial charge >= 0.3 is 0 Å². The highest BCUT2D eigenvalue weighted by Gasteiger charge is 2.25. The maximum atomic E-state index is 13.4. The summed E-state index contributed by atoms with van der Waals surface area (Å²) in [5.41, 5.74) is 4.86.